The SMILES string of the molecule is Cc1cccc(-c2ccc(CN)c(C(F)(F)F)c2)c1. The van der Waals surface area contributed by atoms with E-state index in [-0.39, 0.29) is 12.1 Å². The quantitative estimate of drug-likeness (QED) is 0.867. The van der Waals surface area contributed by atoms with Crippen LogP contribution in [0.2, 0.25) is 0 Å². The Hall–Kier alpha value is -1.81. The highest BCUT2D eigenvalue weighted by Gasteiger charge is 2.33. The van der Waals surface area contributed by atoms with Crippen molar-refractivity contribution in [1.82, 2.24) is 0 Å². The average Bonchev–Trinajstić information content (AvgIpc) is 2.37. The Morgan fingerprint density at radius 1 is 1.00 bits per heavy atom. The van der Waals surface area contributed by atoms with E-state index in [9.17, 15) is 13.2 Å². The van der Waals surface area contributed by atoms with E-state index in [2.05, 4.69) is 0 Å². The molecule has 0 aliphatic rings. The monoisotopic (exact) mass is 265 g/mol. The number of rotatable bonds is 2. The molecule has 4 heteroatoms. The summed E-state index contributed by atoms with van der Waals surface area (Å²) in [4.78, 5) is 0. The lowest BCUT2D eigenvalue weighted by Gasteiger charge is -2.13. The van der Waals surface area contributed by atoms with Crippen LogP contribution in [-0.2, 0) is 12.7 Å². The summed E-state index contributed by atoms with van der Waals surface area (Å²) < 4.78 is 38.9. The van der Waals surface area contributed by atoms with Gasteiger partial charge in [-0.2, -0.15) is 13.2 Å². The van der Waals surface area contributed by atoms with Gasteiger partial charge in [0.25, 0.3) is 0 Å². The van der Waals surface area contributed by atoms with Crippen LogP contribution in [0.3, 0.4) is 0 Å². The highest BCUT2D eigenvalue weighted by molar-refractivity contribution is 5.66. The number of benzene rings is 2. The Morgan fingerprint density at radius 3 is 2.26 bits per heavy atom. The molecule has 0 atom stereocenters. The van der Waals surface area contributed by atoms with Crippen LogP contribution in [0.25, 0.3) is 11.1 Å². The van der Waals surface area contributed by atoms with Crippen molar-refractivity contribution in [3.8, 4) is 11.1 Å². The zero-order valence-corrected chi connectivity index (χ0v) is 10.5. The fraction of sp³-hybridized carbons (Fsp3) is 0.200. The third-order valence-corrected chi connectivity index (χ3v) is 2.99. The number of nitrogens with two attached hydrogens (primary N) is 1. The second-order valence-electron chi connectivity index (χ2n) is 4.44. The first-order valence-corrected chi connectivity index (χ1v) is 5.89. The van der Waals surface area contributed by atoms with E-state index in [0.29, 0.717) is 5.56 Å². The van der Waals surface area contributed by atoms with E-state index < -0.39 is 11.7 Å². The molecule has 0 saturated heterocycles. The van der Waals surface area contributed by atoms with Crippen LogP contribution >= 0.6 is 0 Å². The minimum atomic E-state index is -4.38. The van der Waals surface area contributed by atoms with Crippen LogP contribution in [0.1, 0.15) is 16.7 Å². The van der Waals surface area contributed by atoms with Crippen molar-refractivity contribution < 1.29 is 13.2 Å². The molecule has 0 fully saturated rings. The number of alkyl halides is 3. The first kappa shape index (κ1) is 13.6. The minimum absolute atomic E-state index is 0.115. The van der Waals surface area contributed by atoms with E-state index in [0.717, 1.165) is 17.2 Å². The molecule has 1 nitrogen and oxygen atoms in total. The third-order valence-electron chi connectivity index (χ3n) is 2.99. The van der Waals surface area contributed by atoms with E-state index in [1.807, 2.05) is 25.1 Å². The van der Waals surface area contributed by atoms with Crippen LogP contribution in [0, 0.1) is 6.92 Å². The number of hydrogen-bond donors (Lipinski definition) is 1. The number of halogens is 3. The zero-order valence-electron chi connectivity index (χ0n) is 10.5. The van der Waals surface area contributed by atoms with Gasteiger partial charge in [-0.05, 0) is 29.7 Å². The normalized spacial score (nSPS) is 11.6. The number of aryl methyl sites for hydroxylation is 1. The summed E-state index contributed by atoms with van der Waals surface area (Å²) in [5.41, 5.74) is 7.15. The second-order valence-corrected chi connectivity index (χ2v) is 4.44. The molecule has 0 aromatic heterocycles. The molecule has 0 aliphatic carbocycles. The van der Waals surface area contributed by atoms with Gasteiger partial charge in [0.2, 0.25) is 0 Å². The maximum Gasteiger partial charge on any atom is 0.416 e. The summed E-state index contributed by atoms with van der Waals surface area (Å²) in [6, 6.07) is 11.7. The molecule has 2 aromatic carbocycles. The van der Waals surface area contributed by atoms with E-state index in [1.165, 1.54) is 6.07 Å². The maximum atomic E-state index is 13.0. The summed E-state index contributed by atoms with van der Waals surface area (Å²) in [5, 5.41) is 0. The number of hydrogen-bond acceptors (Lipinski definition) is 1. The summed E-state index contributed by atoms with van der Waals surface area (Å²) >= 11 is 0. The Labute approximate surface area is 109 Å². The lowest BCUT2D eigenvalue weighted by atomic mass is 9.98. The van der Waals surface area contributed by atoms with Gasteiger partial charge in [0.1, 0.15) is 0 Å². The van der Waals surface area contributed by atoms with Gasteiger partial charge in [-0.15, -0.1) is 0 Å². The molecule has 0 spiro atoms. The molecule has 0 heterocycles. The predicted octanol–water partition coefficient (Wildman–Crippen LogP) is 4.14. The van der Waals surface area contributed by atoms with Crippen molar-refractivity contribution in [3.05, 3.63) is 59.2 Å². The summed E-state index contributed by atoms with van der Waals surface area (Å²) in [6.07, 6.45) is -4.38. The molecular formula is C15H14F3N. The Balaban J connectivity index is 2.55. The standard InChI is InChI=1S/C15H14F3N/c1-10-3-2-4-11(7-10)12-5-6-13(9-19)14(8-12)15(16,17)18/h2-8H,9,19H2,1H3. The second kappa shape index (κ2) is 5.05. The summed E-state index contributed by atoms with van der Waals surface area (Å²) in [6.45, 7) is 1.78. The van der Waals surface area contributed by atoms with E-state index >= 15 is 0 Å². The van der Waals surface area contributed by atoms with Crippen molar-refractivity contribution in [2.45, 2.75) is 19.6 Å². The molecule has 2 N–H and O–H groups in total. The molecule has 2 aromatic rings. The molecule has 100 valence electrons. The topological polar surface area (TPSA) is 26.0 Å². The lowest BCUT2D eigenvalue weighted by molar-refractivity contribution is -0.138. The Morgan fingerprint density at radius 2 is 1.68 bits per heavy atom. The zero-order chi connectivity index (χ0) is 14.0. The van der Waals surface area contributed by atoms with Gasteiger partial charge in [0.15, 0.2) is 0 Å². The van der Waals surface area contributed by atoms with E-state index in [1.54, 1.807) is 12.1 Å². The van der Waals surface area contributed by atoms with E-state index in [4.69, 9.17) is 5.73 Å². The minimum Gasteiger partial charge on any atom is -0.326 e. The van der Waals surface area contributed by atoms with Gasteiger partial charge in [-0.3, -0.25) is 0 Å². The molecule has 0 amide bonds. The molecule has 2 rings (SSSR count). The van der Waals surface area contributed by atoms with Crippen LogP contribution < -0.4 is 5.73 Å². The smallest absolute Gasteiger partial charge is 0.326 e. The van der Waals surface area contributed by atoms with Gasteiger partial charge < -0.3 is 5.73 Å². The fourth-order valence-electron chi connectivity index (χ4n) is 2.02. The largest absolute Gasteiger partial charge is 0.416 e. The van der Waals surface area contributed by atoms with Gasteiger partial charge in [0.05, 0.1) is 5.56 Å². The molecule has 0 saturated carbocycles. The van der Waals surface area contributed by atoms with Gasteiger partial charge in [-0.1, -0.05) is 42.0 Å². The molecular weight excluding hydrogens is 251 g/mol. The summed E-state index contributed by atoms with van der Waals surface area (Å²) in [5.74, 6) is 0. The van der Waals surface area contributed by atoms with Crippen molar-refractivity contribution in [1.29, 1.82) is 0 Å². The van der Waals surface area contributed by atoms with Gasteiger partial charge >= 0.3 is 6.18 Å². The molecule has 0 aliphatic heterocycles. The first-order valence-electron chi connectivity index (χ1n) is 5.89. The van der Waals surface area contributed by atoms with Gasteiger partial charge in [-0.25, -0.2) is 0 Å². The fourth-order valence-corrected chi connectivity index (χ4v) is 2.02. The molecule has 0 unspecified atom stereocenters. The molecule has 19 heavy (non-hydrogen) atoms. The molecule has 0 radical (unpaired) electrons. The highest BCUT2D eigenvalue weighted by atomic mass is 19.4. The average molecular weight is 265 g/mol. The molecule has 0 bridgehead atoms. The lowest BCUT2D eigenvalue weighted by Crippen LogP contribution is -2.12. The predicted molar refractivity (Wildman–Crippen MR) is 69.5 cm³/mol. The van der Waals surface area contributed by atoms with Crippen LogP contribution in [0.15, 0.2) is 42.5 Å². The third kappa shape index (κ3) is 2.96. The van der Waals surface area contributed by atoms with Crippen LogP contribution in [0.5, 0.6) is 0 Å². The Kier molecular flexibility index (Phi) is 3.62. The summed E-state index contributed by atoms with van der Waals surface area (Å²) in [7, 11) is 0. The Bertz CT molecular complexity index is 588. The van der Waals surface area contributed by atoms with Crippen LogP contribution in [-0.4, -0.2) is 0 Å². The van der Waals surface area contributed by atoms with Gasteiger partial charge in [0, 0.05) is 6.54 Å². The highest BCUT2D eigenvalue weighted by Crippen LogP contribution is 2.35. The van der Waals surface area contributed by atoms with Crippen molar-refractivity contribution >= 4 is 0 Å². The van der Waals surface area contributed by atoms with Crippen molar-refractivity contribution in [2.75, 3.05) is 0 Å². The maximum absolute atomic E-state index is 13.0. The van der Waals surface area contributed by atoms with Crippen molar-refractivity contribution in [3.63, 3.8) is 0 Å². The van der Waals surface area contributed by atoms with Crippen molar-refractivity contribution in [2.24, 2.45) is 5.73 Å². The van der Waals surface area contributed by atoms with Crippen LogP contribution in [0.4, 0.5) is 13.2 Å². The first-order chi connectivity index (χ1) is 8.91.